The molecule has 1 aromatic carbocycles. The number of carboxylic acids is 1. The second-order valence-corrected chi connectivity index (χ2v) is 3.66. The van der Waals surface area contributed by atoms with Crippen molar-refractivity contribution < 1.29 is 23.1 Å². The van der Waals surface area contributed by atoms with Crippen LogP contribution in [0, 0.1) is 17.5 Å². The molecule has 0 amide bonds. The van der Waals surface area contributed by atoms with Crippen LogP contribution in [0.3, 0.4) is 0 Å². The molecule has 2 N–H and O–H groups in total. The lowest BCUT2D eigenvalue weighted by molar-refractivity contribution is 0.0695. The summed E-state index contributed by atoms with van der Waals surface area (Å²) in [5.41, 5.74) is -2.47. The topological polar surface area (TPSA) is 70.2 Å². The maximum Gasteiger partial charge on any atom is 0.341 e. The van der Waals surface area contributed by atoms with Gasteiger partial charge in [-0.3, -0.25) is 4.79 Å². The van der Waals surface area contributed by atoms with Crippen molar-refractivity contribution in [1.29, 1.82) is 0 Å². The van der Waals surface area contributed by atoms with Gasteiger partial charge in [0.05, 0.1) is 11.3 Å². The van der Waals surface area contributed by atoms with Gasteiger partial charge in [-0.05, 0) is 12.1 Å². The lowest BCUT2D eigenvalue weighted by atomic mass is 10.1. The molecule has 0 aliphatic carbocycles. The molecule has 19 heavy (non-hydrogen) atoms. The van der Waals surface area contributed by atoms with Gasteiger partial charge in [-0.15, -0.1) is 0 Å². The predicted octanol–water partition coefficient (Wildman–Crippen LogP) is 2.16. The van der Waals surface area contributed by atoms with Crippen molar-refractivity contribution in [3.63, 3.8) is 0 Å². The monoisotopic (exact) mass is 269 g/mol. The first-order chi connectivity index (χ1) is 8.90. The molecule has 0 radical (unpaired) electrons. The van der Waals surface area contributed by atoms with E-state index in [-0.39, 0.29) is 5.69 Å². The van der Waals surface area contributed by atoms with Gasteiger partial charge in [0.15, 0.2) is 0 Å². The summed E-state index contributed by atoms with van der Waals surface area (Å²) in [6, 6.07) is 2.87. The molecular formula is C12H6F3NO3. The van der Waals surface area contributed by atoms with E-state index in [2.05, 4.69) is 0 Å². The summed E-state index contributed by atoms with van der Waals surface area (Å²) >= 11 is 0. The number of benzene rings is 1. The molecule has 0 aliphatic rings. The Bertz CT molecular complexity index is 701. The zero-order chi connectivity index (χ0) is 14.2. The van der Waals surface area contributed by atoms with Crippen molar-refractivity contribution in [2.24, 2.45) is 0 Å². The highest BCUT2D eigenvalue weighted by molar-refractivity contribution is 5.87. The van der Waals surface area contributed by atoms with Crippen molar-refractivity contribution >= 4 is 5.97 Å². The van der Waals surface area contributed by atoms with Crippen LogP contribution in [0.1, 0.15) is 10.4 Å². The average Bonchev–Trinajstić information content (AvgIpc) is 2.26. The number of aromatic amines is 1. The maximum atomic E-state index is 13.5. The lowest BCUT2D eigenvalue weighted by Crippen LogP contribution is -2.17. The van der Waals surface area contributed by atoms with E-state index >= 15 is 0 Å². The third-order valence-corrected chi connectivity index (χ3v) is 2.42. The van der Waals surface area contributed by atoms with Gasteiger partial charge >= 0.3 is 5.97 Å². The van der Waals surface area contributed by atoms with E-state index in [0.29, 0.717) is 12.1 Å². The molecule has 0 unspecified atom stereocenters. The summed E-state index contributed by atoms with van der Waals surface area (Å²) in [6.45, 7) is 0. The first-order valence-electron chi connectivity index (χ1n) is 5.01. The first-order valence-corrected chi connectivity index (χ1v) is 5.01. The van der Waals surface area contributed by atoms with Crippen molar-refractivity contribution in [2.75, 3.05) is 0 Å². The summed E-state index contributed by atoms with van der Waals surface area (Å²) < 4.78 is 39.7. The van der Waals surface area contributed by atoms with Gasteiger partial charge in [0.1, 0.15) is 23.0 Å². The number of nitrogens with one attached hydrogen (secondary N) is 1. The second kappa shape index (κ2) is 4.60. The standard InChI is InChI=1S/C12H6F3NO3/c13-5-3-7(14)10(8(15)4-5)9-2-1-6(12(18)19)11(17)16-9/h1-4H,(H,16,17)(H,18,19). The minimum Gasteiger partial charge on any atom is -0.477 e. The van der Waals surface area contributed by atoms with Gasteiger partial charge in [0, 0.05) is 12.1 Å². The highest BCUT2D eigenvalue weighted by atomic mass is 19.1. The first kappa shape index (κ1) is 12.9. The molecular weight excluding hydrogens is 263 g/mol. The van der Waals surface area contributed by atoms with Crippen LogP contribution in [0.5, 0.6) is 0 Å². The fraction of sp³-hybridized carbons (Fsp3) is 0. The Labute approximate surface area is 104 Å². The Balaban J connectivity index is 2.64. The number of aromatic nitrogens is 1. The largest absolute Gasteiger partial charge is 0.477 e. The fourth-order valence-corrected chi connectivity index (χ4v) is 1.59. The maximum absolute atomic E-state index is 13.5. The predicted molar refractivity (Wildman–Crippen MR) is 59.3 cm³/mol. The lowest BCUT2D eigenvalue weighted by Gasteiger charge is -2.05. The van der Waals surface area contributed by atoms with Crippen LogP contribution in [0.2, 0.25) is 0 Å². The summed E-state index contributed by atoms with van der Waals surface area (Å²) in [5, 5.41) is 8.65. The number of hydrogen-bond acceptors (Lipinski definition) is 2. The van der Waals surface area contributed by atoms with Crippen molar-refractivity contribution in [2.45, 2.75) is 0 Å². The molecule has 4 nitrogen and oxygen atoms in total. The number of halogens is 3. The third-order valence-electron chi connectivity index (χ3n) is 2.42. The number of hydrogen-bond donors (Lipinski definition) is 2. The van der Waals surface area contributed by atoms with Crippen LogP contribution in [-0.4, -0.2) is 16.1 Å². The molecule has 0 bridgehead atoms. The molecule has 0 spiro atoms. The quantitative estimate of drug-likeness (QED) is 0.877. The van der Waals surface area contributed by atoms with Gasteiger partial charge in [0.25, 0.3) is 5.56 Å². The highest BCUT2D eigenvalue weighted by Gasteiger charge is 2.16. The van der Waals surface area contributed by atoms with Crippen molar-refractivity contribution in [3.05, 3.63) is 57.6 Å². The fourth-order valence-electron chi connectivity index (χ4n) is 1.59. The molecule has 1 heterocycles. The number of rotatable bonds is 2. The number of pyridine rings is 1. The van der Waals surface area contributed by atoms with Crippen LogP contribution in [0.4, 0.5) is 13.2 Å². The Morgan fingerprint density at radius 3 is 2.16 bits per heavy atom. The summed E-state index contributed by atoms with van der Waals surface area (Å²) in [5.74, 6) is -4.96. The Morgan fingerprint density at radius 1 is 1.11 bits per heavy atom. The van der Waals surface area contributed by atoms with Gasteiger partial charge < -0.3 is 10.1 Å². The van der Waals surface area contributed by atoms with Crippen molar-refractivity contribution in [1.82, 2.24) is 4.98 Å². The van der Waals surface area contributed by atoms with Crippen LogP contribution in [-0.2, 0) is 0 Å². The van der Waals surface area contributed by atoms with Gasteiger partial charge in [-0.2, -0.15) is 0 Å². The average molecular weight is 269 g/mol. The molecule has 2 rings (SSSR count). The summed E-state index contributed by atoms with van der Waals surface area (Å²) in [4.78, 5) is 24.1. The number of carboxylic acid groups (broad SMARTS) is 1. The molecule has 0 saturated heterocycles. The molecule has 98 valence electrons. The SMILES string of the molecule is O=C(O)c1ccc(-c2c(F)cc(F)cc2F)[nH]c1=O. The van der Waals surface area contributed by atoms with E-state index in [1.165, 1.54) is 0 Å². The highest BCUT2D eigenvalue weighted by Crippen LogP contribution is 2.24. The molecule has 1 aromatic heterocycles. The normalized spacial score (nSPS) is 10.5. The summed E-state index contributed by atoms with van der Waals surface area (Å²) in [6.07, 6.45) is 0. The summed E-state index contributed by atoms with van der Waals surface area (Å²) in [7, 11) is 0. The Morgan fingerprint density at radius 2 is 1.68 bits per heavy atom. The van der Waals surface area contributed by atoms with E-state index in [9.17, 15) is 22.8 Å². The molecule has 0 fully saturated rings. The number of aromatic carboxylic acids is 1. The number of carbonyl (C=O) groups is 1. The zero-order valence-corrected chi connectivity index (χ0v) is 9.21. The van der Waals surface area contributed by atoms with E-state index in [1.54, 1.807) is 0 Å². The Kier molecular flexibility index (Phi) is 3.12. The second-order valence-electron chi connectivity index (χ2n) is 3.66. The van der Waals surface area contributed by atoms with Crippen molar-refractivity contribution in [3.8, 4) is 11.3 Å². The van der Waals surface area contributed by atoms with Crippen LogP contribution in [0.15, 0.2) is 29.1 Å². The van der Waals surface area contributed by atoms with E-state index in [0.717, 1.165) is 12.1 Å². The minimum absolute atomic E-state index is 0.273. The smallest absolute Gasteiger partial charge is 0.341 e. The zero-order valence-electron chi connectivity index (χ0n) is 9.21. The molecule has 0 atom stereocenters. The molecule has 0 saturated carbocycles. The van der Waals surface area contributed by atoms with Crippen LogP contribution < -0.4 is 5.56 Å². The van der Waals surface area contributed by atoms with Gasteiger partial charge in [-0.1, -0.05) is 0 Å². The molecule has 2 aromatic rings. The number of H-pyrrole nitrogens is 1. The van der Waals surface area contributed by atoms with E-state index in [4.69, 9.17) is 5.11 Å². The van der Waals surface area contributed by atoms with E-state index in [1.807, 2.05) is 4.98 Å². The molecule has 7 heteroatoms. The Hall–Kier alpha value is -2.57. The van der Waals surface area contributed by atoms with Crippen LogP contribution >= 0.6 is 0 Å². The molecule has 0 aliphatic heterocycles. The third kappa shape index (κ3) is 2.35. The van der Waals surface area contributed by atoms with E-state index < -0.39 is 40.1 Å². The van der Waals surface area contributed by atoms with Crippen LogP contribution in [0.25, 0.3) is 11.3 Å². The van der Waals surface area contributed by atoms with Gasteiger partial charge in [-0.25, -0.2) is 18.0 Å². The minimum atomic E-state index is -1.46. The van der Waals surface area contributed by atoms with Gasteiger partial charge in [0.2, 0.25) is 0 Å².